The van der Waals surface area contributed by atoms with E-state index in [2.05, 4.69) is 5.32 Å². The van der Waals surface area contributed by atoms with E-state index in [0.29, 0.717) is 19.1 Å². The van der Waals surface area contributed by atoms with Crippen LogP contribution in [0.3, 0.4) is 0 Å². The van der Waals surface area contributed by atoms with Gasteiger partial charge in [0.1, 0.15) is 6.61 Å². The lowest BCUT2D eigenvalue weighted by Crippen LogP contribution is -2.52. The van der Waals surface area contributed by atoms with E-state index in [0.717, 1.165) is 6.54 Å². The standard InChI is InChI=1S/C7H14N2O2/c1-6-4-9(3-2-8-6)7(11)5-10/h6,8,10H,2-5H2,1H3/t6-/m0/s1. The Morgan fingerprint density at radius 3 is 3.09 bits per heavy atom. The fraction of sp³-hybridized carbons (Fsp3) is 0.857. The molecule has 0 unspecified atom stereocenters. The number of aliphatic hydroxyl groups is 1. The first kappa shape index (κ1) is 8.49. The van der Waals surface area contributed by atoms with Crippen molar-refractivity contribution < 1.29 is 9.90 Å². The molecule has 0 aromatic carbocycles. The maximum Gasteiger partial charge on any atom is 0.248 e. The van der Waals surface area contributed by atoms with Crippen molar-refractivity contribution in [3.63, 3.8) is 0 Å². The molecule has 0 aromatic heterocycles. The van der Waals surface area contributed by atoms with Crippen LogP contribution in [0.25, 0.3) is 0 Å². The molecule has 2 N–H and O–H groups in total. The number of hydrogen-bond acceptors (Lipinski definition) is 3. The van der Waals surface area contributed by atoms with E-state index in [-0.39, 0.29) is 12.5 Å². The molecule has 1 atom stereocenters. The molecule has 0 bridgehead atoms. The summed E-state index contributed by atoms with van der Waals surface area (Å²) in [5.74, 6) is -0.168. The van der Waals surface area contributed by atoms with E-state index in [4.69, 9.17) is 5.11 Å². The van der Waals surface area contributed by atoms with Crippen molar-refractivity contribution in [3.05, 3.63) is 0 Å². The minimum absolute atomic E-state index is 0.168. The highest BCUT2D eigenvalue weighted by molar-refractivity contribution is 5.77. The third kappa shape index (κ3) is 2.17. The number of carbonyl (C=O) groups excluding carboxylic acids is 1. The van der Waals surface area contributed by atoms with Crippen molar-refractivity contribution in [3.8, 4) is 0 Å². The zero-order valence-corrected chi connectivity index (χ0v) is 6.71. The van der Waals surface area contributed by atoms with Gasteiger partial charge in [0.05, 0.1) is 0 Å². The summed E-state index contributed by atoms with van der Waals surface area (Å²) in [5.41, 5.74) is 0. The van der Waals surface area contributed by atoms with Gasteiger partial charge in [-0.15, -0.1) is 0 Å². The van der Waals surface area contributed by atoms with Gasteiger partial charge >= 0.3 is 0 Å². The van der Waals surface area contributed by atoms with Crippen LogP contribution in [-0.2, 0) is 4.79 Å². The average molecular weight is 158 g/mol. The van der Waals surface area contributed by atoms with E-state index in [1.54, 1.807) is 4.90 Å². The molecule has 1 amide bonds. The van der Waals surface area contributed by atoms with Crippen LogP contribution < -0.4 is 5.32 Å². The van der Waals surface area contributed by atoms with Crippen molar-refractivity contribution in [2.75, 3.05) is 26.2 Å². The molecule has 1 aliphatic heterocycles. The topological polar surface area (TPSA) is 52.6 Å². The molecule has 4 heteroatoms. The predicted octanol–water partition coefficient (Wildman–Crippen LogP) is -1.20. The second-order valence-corrected chi connectivity index (χ2v) is 2.85. The monoisotopic (exact) mass is 158 g/mol. The van der Waals surface area contributed by atoms with Gasteiger partial charge in [-0.25, -0.2) is 0 Å². The third-order valence-electron chi connectivity index (χ3n) is 1.86. The minimum Gasteiger partial charge on any atom is -0.387 e. The summed E-state index contributed by atoms with van der Waals surface area (Å²) in [4.78, 5) is 12.6. The highest BCUT2D eigenvalue weighted by atomic mass is 16.3. The smallest absolute Gasteiger partial charge is 0.248 e. The molecule has 1 heterocycles. The largest absolute Gasteiger partial charge is 0.387 e. The maximum atomic E-state index is 11.0. The lowest BCUT2D eigenvalue weighted by molar-refractivity contribution is -0.135. The van der Waals surface area contributed by atoms with Gasteiger partial charge in [-0.1, -0.05) is 0 Å². The fourth-order valence-electron chi connectivity index (χ4n) is 1.26. The number of nitrogens with one attached hydrogen (secondary N) is 1. The molecule has 0 aliphatic carbocycles. The Bertz CT molecular complexity index is 149. The summed E-state index contributed by atoms with van der Waals surface area (Å²) in [7, 11) is 0. The summed E-state index contributed by atoms with van der Waals surface area (Å²) in [5, 5.41) is 11.8. The molecule has 4 nitrogen and oxygen atoms in total. The van der Waals surface area contributed by atoms with Crippen LogP contribution in [0.15, 0.2) is 0 Å². The highest BCUT2D eigenvalue weighted by Crippen LogP contribution is 1.97. The van der Waals surface area contributed by atoms with Gasteiger partial charge in [-0.3, -0.25) is 4.79 Å². The first-order chi connectivity index (χ1) is 5.24. The van der Waals surface area contributed by atoms with Gasteiger partial charge in [-0.05, 0) is 6.92 Å². The van der Waals surface area contributed by atoms with Crippen molar-refractivity contribution >= 4 is 5.91 Å². The van der Waals surface area contributed by atoms with Crippen molar-refractivity contribution in [1.82, 2.24) is 10.2 Å². The molecule has 64 valence electrons. The molecule has 1 fully saturated rings. The number of carbonyl (C=O) groups is 1. The molecular weight excluding hydrogens is 144 g/mol. The lowest BCUT2D eigenvalue weighted by Gasteiger charge is -2.31. The second kappa shape index (κ2) is 3.69. The molecule has 0 saturated carbocycles. The summed E-state index contributed by atoms with van der Waals surface area (Å²) in [6, 6.07) is 0.347. The minimum atomic E-state index is -0.368. The molecule has 1 rings (SSSR count). The van der Waals surface area contributed by atoms with Crippen LogP contribution in [-0.4, -0.2) is 48.2 Å². The Balaban J connectivity index is 2.39. The van der Waals surface area contributed by atoms with Crippen LogP contribution >= 0.6 is 0 Å². The van der Waals surface area contributed by atoms with Crippen molar-refractivity contribution in [2.24, 2.45) is 0 Å². The van der Waals surface area contributed by atoms with Gasteiger partial charge in [0.25, 0.3) is 0 Å². The Morgan fingerprint density at radius 1 is 1.82 bits per heavy atom. The van der Waals surface area contributed by atoms with Crippen LogP contribution in [0.4, 0.5) is 0 Å². The molecule has 1 saturated heterocycles. The van der Waals surface area contributed by atoms with Crippen LogP contribution in [0, 0.1) is 0 Å². The zero-order chi connectivity index (χ0) is 8.27. The van der Waals surface area contributed by atoms with E-state index < -0.39 is 0 Å². The van der Waals surface area contributed by atoms with Crippen molar-refractivity contribution in [1.29, 1.82) is 0 Å². The molecule has 0 aromatic rings. The maximum absolute atomic E-state index is 11.0. The summed E-state index contributed by atoms with van der Waals surface area (Å²) in [6.07, 6.45) is 0. The van der Waals surface area contributed by atoms with Crippen molar-refractivity contribution in [2.45, 2.75) is 13.0 Å². The predicted molar refractivity (Wildman–Crippen MR) is 41.1 cm³/mol. The Morgan fingerprint density at radius 2 is 2.55 bits per heavy atom. The molecule has 0 radical (unpaired) electrons. The van der Waals surface area contributed by atoms with Crippen LogP contribution in [0.2, 0.25) is 0 Å². The van der Waals surface area contributed by atoms with Crippen LogP contribution in [0.1, 0.15) is 6.92 Å². The summed E-state index contributed by atoms with van der Waals surface area (Å²) in [6.45, 7) is 3.90. The first-order valence-electron chi connectivity index (χ1n) is 3.86. The number of hydrogen-bond donors (Lipinski definition) is 2. The Labute approximate surface area is 66.2 Å². The summed E-state index contributed by atoms with van der Waals surface area (Å²) >= 11 is 0. The van der Waals surface area contributed by atoms with Gasteiger partial charge in [0.15, 0.2) is 0 Å². The quantitative estimate of drug-likeness (QED) is 0.504. The number of amides is 1. The first-order valence-corrected chi connectivity index (χ1v) is 3.86. The normalized spacial score (nSPS) is 25.3. The number of aliphatic hydroxyl groups excluding tert-OH is 1. The highest BCUT2D eigenvalue weighted by Gasteiger charge is 2.18. The molecule has 0 spiro atoms. The second-order valence-electron chi connectivity index (χ2n) is 2.85. The average Bonchev–Trinajstić information content (AvgIpc) is 2.03. The van der Waals surface area contributed by atoms with Gasteiger partial charge in [0.2, 0.25) is 5.91 Å². The Hall–Kier alpha value is -0.610. The lowest BCUT2D eigenvalue weighted by atomic mass is 10.2. The zero-order valence-electron chi connectivity index (χ0n) is 6.71. The van der Waals surface area contributed by atoms with Crippen LogP contribution in [0.5, 0.6) is 0 Å². The number of nitrogens with zero attached hydrogens (tertiary/aromatic N) is 1. The van der Waals surface area contributed by atoms with E-state index in [1.807, 2.05) is 6.92 Å². The van der Waals surface area contributed by atoms with Gasteiger partial charge in [-0.2, -0.15) is 0 Å². The molecule has 11 heavy (non-hydrogen) atoms. The summed E-state index contributed by atoms with van der Waals surface area (Å²) < 4.78 is 0. The number of rotatable bonds is 1. The third-order valence-corrected chi connectivity index (χ3v) is 1.86. The fourth-order valence-corrected chi connectivity index (χ4v) is 1.26. The Kier molecular flexibility index (Phi) is 2.84. The van der Waals surface area contributed by atoms with Gasteiger partial charge in [0, 0.05) is 25.7 Å². The van der Waals surface area contributed by atoms with Gasteiger partial charge < -0.3 is 15.3 Å². The van der Waals surface area contributed by atoms with E-state index in [1.165, 1.54) is 0 Å². The van der Waals surface area contributed by atoms with E-state index >= 15 is 0 Å². The molecular formula is C7H14N2O2. The molecule has 1 aliphatic rings. The van der Waals surface area contributed by atoms with E-state index in [9.17, 15) is 4.79 Å². The number of piperazine rings is 1. The SMILES string of the molecule is C[C@H]1CN(C(=O)CO)CCN1.